The van der Waals surface area contributed by atoms with Crippen LogP contribution in [0.2, 0.25) is 5.02 Å². The molecule has 0 spiro atoms. The van der Waals surface area contributed by atoms with E-state index in [1.807, 2.05) is 29.2 Å². The van der Waals surface area contributed by atoms with Gasteiger partial charge in [-0.25, -0.2) is 0 Å². The molecule has 0 aromatic heterocycles. The summed E-state index contributed by atoms with van der Waals surface area (Å²) in [6.07, 6.45) is 1.66. The Hall–Kier alpha value is -0.680. The van der Waals surface area contributed by atoms with E-state index in [4.69, 9.17) is 17.3 Å². The van der Waals surface area contributed by atoms with Crippen LogP contribution in [0, 0.1) is 0 Å². The van der Waals surface area contributed by atoms with Crippen molar-refractivity contribution in [2.75, 3.05) is 31.1 Å². The van der Waals surface area contributed by atoms with Crippen LogP contribution < -0.4 is 10.6 Å². The average molecular weight is 353 g/mol. The molecule has 1 aromatic rings. The fourth-order valence-corrected chi connectivity index (χ4v) is 2.78. The van der Waals surface area contributed by atoms with Crippen LogP contribution >= 0.6 is 36.4 Å². The zero-order valence-corrected chi connectivity index (χ0v) is 14.0. The van der Waals surface area contributed by atoms with Gasteiger partial charge < -0.3 is 15.5 Å². The summed E-state index contributed by atoms with van der Waals surface area (Å²) in [7, 11) is 0. The topological polar surface area (TPSA) is 49.6 Å². The van der Waals surface area contributed by atoms with E-state index in [-0.39, 0.29) is 30.7 Å². The first-order chi connectivity index (χ1) is 9.10. The molecule has 1 saturated carbocycles. The Morgan fingerprint density at radius 2 is 1.67 bits per heavy atom. The summed E-state index contributed by atoms with van der Waals surface area (Å²) in [6, 6.07) is 7.83. The van der Waals surface area contributed by atoms with Gasteiger partial charge in [-0.1, -0.05) is 23.7 Å². The zero-order chi connectivity index (χ0) is 13.5. The second-order valence-corrected chi connectivity index (χ2v) is 5.79. The van der Waals surface area contributed by atoms with Crippen LogP contribution in [-0.2, 0) is 4.79 Å². The number of carbonyl (C=O) groups excluding carboxylic acids is 1. The highest BCUT2D eigenvalue weighted by Gasteiger charge is 2.48. The van der Waals surface area contributed by atoms with Crippen molar-refractivity contribution >= 4 is 48.0 Å². The predicted octanol–water partition coefficient (Wildman–Crippen LogP) is 2.32. The maximum Gasteiger partial charge on any atom is 0.242 e. The maximum atomic E-state index is 12.1. The van der Waals surface area contributed by atoms with Crippen molar-refractivity contribution in [3.63, 3.8) is 0 Å². The largest absolute Gasteiger partial charge is 0.367 e. The molecule has 0 radical (unpaired) electrons. The summed E-state index contributed by atoms with van der Waals surface area (Å²) in [5.41, 5.74) is 6.46. The molecule has 0 atom stereocenters. The van der Waals surface area contributed by atoms with Gasteiger partial charge in [0, 0.05) is 26.2 Å². The number of anilines is 1. The summed E-state index contributed by atoms with van der Waals surface area (Å²) in [4.78, 5) is 16.3. The first kappa shape index (κ1) is 18.4. The number of nitrogens with two attached hydrogens (primary N) is 1. The number of para-hydroxylation sites is 1. The fraction of sp³-hybridized carbons (Fsp3) is 0.500. The second-order valence-electron chi connectivity index (χ2n) is 5.39. The highest BCUT2D eigenvalue weighted by atomic mass is 35.5. The van der Waals surface area contributed by atoms with Crippen LogP contribution in [0.5, 0.6) is 0 Å². The van der Waals surface area contributed by atoms with E-state index in [1.165, 1.54) is 0 Å². The zero-order valence-electron chi connectivity index (χ0n) is 11.6. The summed E-state index contributed by atoms with van der Waals surface area (Å²) >= 11 is 6.20. The third kappa shape index (κ3) is 3.75. The quantitative estimate of drug-likeness (QED) is 0.888. The highest BCUT2D eigenvalue weighted by Crippen LogP contribution is 2.34. The van der Waals surface area contributed by atoms with E-state index in [1.54, 1.807) is 0 Å². The van der Waals surface area contributed by atoms with Crippen LogP contribution in [0.25, 0.3) is 0 Å². The molecule has 1 aromatic carbocycles. The molecule has 21 heavy (non-hydrogen) atoms. The van der Waals surface area contributed by atoms with Gasteiger partial charge in [-0.2, -0.15) is 0 Å². The van der Waals surface area contributed by atoms with Crippen LogP contribution in [0.3, 0.4) is 0 Å². The molecule has 0 bridgehead atoms. The van der Waals surface area contributed by atoms with Crippen molar-refractivity contribution in [3.05, 3.63) is 29.3 Å². The number of nitrogens with zero attached hydrogens (tertiary/aromatic N) is 2. The van der Waals surface area contributed by atoms with E-state index in [0.29, 0.717) is 0 Å². The van der Waals surface area contributed by atoms with Gasteiger partial charge in [0.15, 0.2) is 0 Å². The Morgan fingerprint density at radius 1 is 1.10 bits per heavy atom. The Balaban J connectivity index is 0.00000110. The van der Waals surface area contributed by atoms with Crippen LogP contribution in [0.15, 0.2) is 24.3 Å². The van der Waals surface area contributed by atoms with E-state index in [0.717, 1.165) is 49.7 Å². The Kier molecular flexibility index (Phi) is 6.17. The van der Waals surface area contributed by atoms with Crippen LogP contribution in [-0.4, -0.2) is 42.5 Å². The number of benzene rings is 1. The second kappa shape index (κ2) is 7.05. The lowest BCUT2D eigenvalue weighted by atomic mass is 10.2. The first-order valence-electron chi connectivity index (χ1n) is 6.68. The van der Waals surface area contributed by atoms with E-state index < -0.39 is 5.54 Å². The van der Waals surface area contributed by atoms with Crippen LogP contribution in [0.1, 0.15) is 12.8 Å². The van der Waals surface area contributed by atoms with Crippen molar-refractivity contribution in [1.29, 1.82) is 0 Å². The molecule has 1 amide bonds. The number of carbonyl (C=O) groups is 1. The molecule has 2 N–H and O–H groups in total. The lowest BCUT2D eigenvalue weighted by molar-refractivity contribution is -0.133. The van der Waals surface area contributed by atoms with E-state index in [2.05, 4.69) is 4.90 Å². The smallest absolute Gasteiger partial charge is 0.242 e. The molecular weight excluding hydrogens is 333 g/mol. The van der Waals surface area contributed by atoms with Crippen molar-refractivity contribution in [2.24, 2.45) is 5.73 Å². The van der Waals surface area contributed by atoms with E-state index >= 15 is 0 Å². The molecule has 3 rings (SSSR count). The summed E-state index contributed by atoms with van der Waals surface area (Å²) in [6.45, 7) is 3.07. The standard InChI is InChI=1S/C14H18ClN3O.2ClH/c15-11-3-1-2-4-12(11)17-7-9-18(10-8-17)13(19)14(16)5-6-14;;/h1-4H,5-10,16H2;2*1H. The molecule has 4 nitrogen and oxygen atoms in total. The predicted molar refractivity (Wildman–Crippen MR) is 90.9 cm³/mol. The van der Waals surface area contributed by atoms with Gasteiger partial charge in [0.25, 0.3) is 0 Å². The van der Waals surface area contributed by atoms with E-state index in [9.17, 15) is 4.79 Å². The molecule has 1 aliphatic heterocycles. The average Bonchev–Trinajstić information content (AvgIpc) is 3.18. The van der Waals surface area contributed by atoms with Crippen LogP contribution in [0.4, 0.5) is 5.69 Å². The minimum atomic E-state index is -0.549. The van der Waals surface area contributed by atoms with Gasteiger partial charge in [0.1, 0.15) is 0 Å². The normalized spacial score (nSPS) is 19.3. The molecule has 1 saturated heterocycles. The van der Waals surface area contributed by atoms with Gasteiger partial charge in [-0.05, 0) is 25.0 Å². The molecule has 1 heterocycles. The monoisotopic (exact) mass is 351 g/mol. The minimum Gasteiger partial charge on any atom is -0.367 e. The highest BCUT2D eigenvalue weighted by molar-refractivity contribution is 6.33. The number of hydrogen-bond acceptors (Lipinski definition) is 3. The number of halogens is 3. The number of rotatable bonds is 2. The van der Waals surface area contributed by atoms with Gasteiger partial charge in [-0.3, -0.25) is 4.79 Å². The number of amides is 1. The summed E-state index contributed by atoms with van der Waals surface area (Å²) < 4.78 is 0. The SMILES string of the molecule is Cl.Cl.NC1(C(=O)N2CCN(c3ccccc3Cl)CC2)CC1. The van der Waals surface area contributed by atoms with Gasteiger partial charge in [0.2, 0.25) is 5.91 Å². The molecule has 0 unspecified atom stereocenters. The van der Waals surface area contributed by atoms with Crippen molar-refractivity contribution < 1.29 is 4.79 Å². The molecule has 2 fully saturated rings. The number of piperazine rings is 1. The fourth-order valence-electron chi connectivity index (χ4n) is 2.52. The maximum absolute atomic E-state index is 12.1. The van der Waals surface area contributed by atoms with Gasteiger partial charge in [0.05, 0.1) is 16.2 Å². The molecule has 118 valence electrons. The third-order valence-electron chi connectivity index (χ3n) is 3.97. The van der Waals surface area contributed by atoms with Crippen molar-refractivity contribution in [1.82, 2.24) is 4.90 Å². The lowest BCUT2D eigenvalue weighted by Crippen LogP contribution is -2.54. The Morgan fingerprint density at radius 3 is 2.19 bits per heavy atom. The lowest BCUT2D eigenvalue weighted by Gasteiger charge is -2.37. The third-order valence-corrected chi connectivity index (χ3v) is 4.29. The Bertz CT molecular complexity index is 500. The van der Waals surface area contributed by atoms with Crippen molar-refractivity contribution in [2.45, 2.75) is 18.4 Å². The number of hydrogen-bond donors (Lipinski definition) is 1. The summed E-state index contributed by atoms with van der Waals surface area (Å²) in [5, 5.41) is 0.764. The molecule has 1 aliphatic carbocycles. The van der Waals surface area contributed by atoms with Crippen molar-refractivity contribution in [3.8, 4) is 0 Å². The summed E-state index contributed by atoms with van der Waals surface area (Å²) in [5.74, 6) is 0.117. The van der Waals surface area contributed by atoms with Gasteiger partial charge >= 0.3 is 0 Å². The van der Waals surface area contributed by atoms with Gasteiger partial charge in [-0.15, -0.1) is 24.8 Å². The molecular formula is C14H20Cl3N3O. The minimum absolute atomic E-state index is 0. The Labute approximate surface area is 142 Å². The molecule has 7 heteroatoms. The molecule has 2 aliphatic rings. The first-order valence-corrected chi connectivity index (χ1v) is 7.06.